The van der Waals surface area contributed by atoms with Crippen LogP contribution in [0.1, 0.15) is 40.2 Å². The van der Waals surface area contributed by atoms with E-state index in [1.165, 1.54) is 12.1 Å². The van der Waals surface area contributed by atoms with Crippen molar-refractivity contribution in [1.29, 1.82) is 0 Å². The van der Waals surface area contributed by atoms with Crippen LogP contribution in [0.4, 0.5) is 4.39 Å². The first-order chi connectivity index (χ1) is 13.1. The van der Waals surface area contributed by atoms with Crippen LogP contribution in [-0.2, 0) is 19.5 Å². The Kier molecular flexibility index (Phi) is 5.43. The lowest BCUT2D eigenvalue weighted by molar-refractivity contribution is 0.0894. The van der Waals surface area contributed by atoms with Gasteiger partial charge in [0, 0.05) is 54.9 Å². The topological polar surface area (TPSA) is 73.0 Å². The molecule has 0 spiro atoms. The zero-order valence-electron chi connectivity index (χ0n) is 15.0. The van der Waals surface area contributed by atoms with Crippen molar-refractivity contribution in [2.75, 3.05) is 19.6 Å². The number of halogens is 2. The fourth-order valence-electron chi connectivity index (χ4n) is 3.87. The van der Waals surface area contributed by atoms with Crippen molar-refractivity contribution < 1.29 is 9.18 Å². The molecule has 4 rings (SSSR count). The third kappa shape index (κ3) is 4.15. The van der Waals surface area contributed by atoms with Crippen molar-refractivity contribution >= 4 is 17.5 Å². The Balaban J connectivity index is 1.38. The number of amides is 1. The number of hydrogen-bond acceptors (Lipinski definition) is 4. The molecule has 2 aromatic rings. The molecule has 1 aromatic carbocycles. The van der Waals surface area contributed by atoms with E-state index < -0.39 is 0 Å². The number of fused-ring (bicyclic) bond motifs is 1. The van der Waals surface area contributed by atoms with Gasteiger partial charge in [-0.05, 0) is 37.1 Å². The standard InChI is InChI=1S/C19H23ClFN5O/c20-16-8-13(21)4-3-12(16)10-26-7-1-2-14(11-26)23-19(27)18-15-9-22-6-5-17(15)24-25-18/h3-4,8,14,22H,1-2,5-7,9-11H2,(H,23,27)(H,24,25). The number of carbonyl (C=O) groups is 1. The second-order valence-corrected chi connectivity index (χ2v) is 7.65. The first-order valence-corrected chi connectivity index (χ1v) is 9.72. The molecular weight excluding hydrogens is 369 g/mol. The number of H-pyrrole nitrogens is 1. The van der Waals surface area contributed by atoms with Crippen molar-refractivity contribution in [1.82, 2.24) is 25.7 Å². The van der Waals surface area contributed by atoms with Crippen molar-refractivity contribution in [3.05, 3.63) is 51.6 Å². The highest BCUT2D eigenvalue weighted by atomic mass is 35.5. The van der Waals surface area contributed by atoms with Crippen molar-refractivity contribution in [2.45, 2.75) is 38.4 Å². The van der Waals surface area contributed by atoms with E-state index in [0.29, 0.717) is 23.8 Å². The van der Waals surface area contributed by atoms with Gasteiger partial charge in [-0.25, -0.2) is 4.39 Å². The lowest BCUT2D eigenvalue weighted by Gasteiger charge is -2.33. The molecule has 6 nitrogen and oxygen atoms in total. The van der Waals surface area contributed by atoms with Crippen molar-refractivity contribution in [3.63, 3.8) is 0 Å². The number of hydrogen-bond donors (Lipinski definition) is 3. The molecule has 1 unspecified atom stereocenters. The molecule has 0 saturated carbocycles. The van der Waals surface area contributed by atoms with E-state index in [2.05, 4.69) is 25.7 Å². The quantitative estimate of drug-likeness (QED) is 0.747. The van der Waals surface area contributed by atoms with Gasteiger partial charge in [0.1, 0.15) is 5.82 Å². The highest BCUT2D eigenvalue weighted by Crippen LogP contribution is 2.22. The first kappa shape index (κ1) is 18.4. The van der Waals surface area contributed by atoms with Gasteiger partial charge in [0.15, 0.2) is 5.69 Å². The summed E-state index contributed by atoms with van der Waals surface area (Å²) in [6.07, 6.45) is 2.79. The molecule has 2 aliphatic heterocycles. The normalized spacial score (nSPS) is 20.3. The number of nitrogens with one attached hydrogen (secondary N) is 3. The molecule has 3 heterocycles. The molecule has 3 N–H and O–H groups in total. The average molecular weight is 392 g/mol. The lowest BCUT2D eigenvalue weighted by atomic mass is 10.0. The van der Waals surface area contributed by atoms with Gasteiger partial charge < -0.3 is 10.6 Å². The Hall–Kier alpha value is -1.96. The lowest BCUT2D eigenvalue weighted by Crippen LogP contribution is -2.47. The number of aromatic nitrogens is 2. The number of piperidine rings is 1. The second kappa shape index (κ2) is 7.96. The van der Waals surface area contributed by atoms with E-state index in [1.54, 1.807) is 6.07 Å². The van der Waals surface area contributed by atoms with Gasteiger partial charge in [-0.2, -0.15) is 5.10 Å². The zero-order valence-corrected chi connectivity index (χ0v) is 15.8. The van der Waals surface area contributed by atoms with Gasteiger partial charge in [0.2, 0.25) is 0 Å². The van der Waals surface area contributed by atoms with E-state index in [4.69, 9.17) is 11.6 Å². The molecule has 1 aromatic heterocycles. The summed E-state index contributed by atoms with van der Waals surface area (Å²) in [4.78, 5) is 14.9. The number of benzene rings is 1. The molecule has 1 amide bonds. The number of aromatic amines is 1. The Morgan fingerprint density at radius 3 is 3.19 bits per heavy atom. The van der Waals surface area contributed by atoms with Crippen molar-refractivity contribution in [3.8, 4) is 0 Å². The largest absolute Gasteiger partial charge is 0.347 e. The van der Waals surface area contributed by atoms with Crippen LogP contribution >= 0.6 is 11.6 Å². The second-order valence-electron chi connectivity index (χ2n) is 7.24. The summed E-state index contributed by atoms with van der Waals surface area (Å²) < 4.78 is 13.2. The van der Waals surface area contributed by atoms with E-state index >= 15 is 0 Å². The van der Waals surface area contributed by atoms with Crippen LogP contribution in [0.5, 0.6) is 0 Å². The summed E-state index contributed by atoms with van der Waals surface area (Å²) in [6.45, 7) is 3.90. The minimum atomic E-state index is -0.329. The Labute approximate surface area is 162 Å². The molecule has 0 aliphatic carbocycles. The van der Waals surface area contributed by atoms with Crippen LogP contribution in [0.2, 0.25) is 5.02 Å². The average Bonchev–Trinajstić information content (AvgIpc) is 3.09. The highest BCUT2D eigenvalue weighted by Gasteiger charge is 2.26. The Morgan fingerprint density at radius 2 is 2.33 bits per heavy atom. The number of carbonyl (C=O) groups excluding carboxylic acids is 1. The summed E-state index contributed by atoms with van der Waals surface area (Å²) in [5, 5.41) is 14.1. The SMILES string of the molecule is O=C(NC1CCCN(Cc2ccc(F)cc2Cl)C1)c1n[nH]c2c1CNCC2. The summed E-state index contributed by atoms with van der Waals surface area (Å²) in [5.41, 5.74) is 3.42. The van der Waals surface area contributed by atoms with Crippen LogP contribution < -0.4 is 10.6 Å². The first-order valence-electron chi connectivity index (χ1n) is 9.34. The van der Waals surface area contributed by atoms with Gasteiger partial charge in [-0.15, -0.1) is 0 Å². The third-order valence-corrected chi connectivity index (χ3v) is 5.62. The number of rotatable bonds is 4. The maximum Gasteiger partial charge on any atom is 0.272 e. The van der Waals surface area contributed by atoms with Gasteiger partial charge >= 0.3 is 0 Å². The molecule has 0 radical (unpaired) electrons. The van der Waals surface area contributed by atoms with Crippen LogP contribution in [0, 0.1) is 5.82 Å². The van der Waals surface area contributed by atoms with Crippen LogP contribution in [0.15, 0.2) is 18.2 Å². The molecule has 144 valence electrons. The van der Waals surface area contributed by atoms with Crippen LogP contribution in [0.3, 0.4) is 0 Å². The number of nitrogens with zero attached hydrogens (tertiary/aromatic N) is 2. The highest BCUT2D eigenvalue weighted by molar-refractivity contribution is 6.31. The van der Waals surface area contributed by atoms with E-state index in [9.17, 15) is 9.18 Å². The molecule has 1 saturated heterocycles. The maximum atomic E-state index is 13.2. The van der Waals surface area contributed by atoms with E-state index in [0.717, 1.165) is 55.7 Å². The van der Waals surface area contributed by atoms with Crippen LogP contribution in [-0.4, -0.2) is 46.7 Å². The minimum absolute atomic E-state index is 0.0642. The molecule has 8 heteroatoms. The predicted molar refractivity (Wildman–Crippen MR) is 101 cm³/mol. The number of likely N-dealkylation sites (tertiary alicyclic amines) is 1. The van der Waals surface area contributed by atoms with Gasteiger partial charge in [0.25, 0.3) is 5.91 Å². The summed E-state index contributed by atoms with van der Waals surface area (Å²) in [5.74, 6) is -0.452. The fraction of sp³-hybridized carbons (Fsp3) is 0.474. The van der Waals surface area contributed by atoms with Gasteiger partial charge in [-0.1, -0.05) is 17.7 Å². The molecule has 1 fully saturated rings. The fourth-order valence-corrected chi connectivity index (χ4v) is 4.10. The molecule has 27 heavy (non-hydrogen) atoms. The maximum absolute atomic E-state index is 13.2. The van der Waals surface area contributed by atoms with Gasteiger partial charge in [-0.3, -0.25) is 14.8 Å². The summed E-state index contributed by atoms with van der Waals surface area (Å²) >= 11 is 6.15. The molecular formula is C19H23ClFN5O. The third-order valence-electron chi connectivity index (χ3n) is 5.27. The Morgan fingerprint density at radius 1 is 1.44 bits per heavy atom. The summed E-state index contributed by atoms with van der Waals surface area (Å²) in [6, 6.07) is 4.56. The summed E-state index contributed by atoms with van der Waals surface area (Å²) in [7, 11) is 0. The smallest absolute Gasteiger partial charge is 0.272 e. The molecule has 2 aliphatic rings. The van der Waals surface area contributed by atoms with Crippen LogP contribution in [0.25, 0.3) is 0 Å². The predicted octanol–water partition coefficient (Wildman–Crippen LogP) is 2.24. The van der Waals surface area contributed by atoms with E-state index in [1.807, 2.05) is 0 Å². The van der Waals surface area contributed by atoms with E-state index in [-0.39, 0.29) is 17.8 Å². The Bertz CT molecular complexity index is 840. The molecule has 0 bridgehead atoms. The zero-order chi connectivity index (χ0) is 18.8. The molecule has 1 atom stereocenters. The monoisotopic (exact) mass is 391 g/mol. The van der Waals surface area contributed by atoms with Gasteiger partial charge in [0.05, 0.1) is 0 Å². The van der Waals surface area contributed by atoms with Crippen molar-refractivity contribution in [2.24, 2.45) is 0 Å². The minimum Gasteiger partial charge on any atom is -0.347 e.